The number of nitrogens with zero attached hydrogens (tertiary/aromatic N) is 2. The van der Waals surface area contributed by atoms with E-state index in [-0.39, 0.29) is 63.0 Å². The number of rotatable bonds is 7. The van der Waals surface area contributed by atoms with Crippen LogP contribution >= 0.6 is 23.2 Å². The fraction of sp³-hybridized carbons (Fsp3) is 0.316. The lowest BCUT2D eigenvalue weighted by Gasteiger charge is -2.31. The molecule has 1 fully saturated rings. The second-order valence-corrected chi connectivity index (χ2v) is 11.7. The lowest BCUT2D eigenvalue weighted by Crippen LogP contribution is -2.53. The van der Waals surface area contributed by atoms with E-state index in [1.54, 1.807) is 0 Å². The van der Waals surface area contributed by atoms with Crippen LogP contribution in [0.5, 0.6) is 0 Å². The molecule has 34 heavy (non-hydrogen) atoms. The highest BCUT2D eigenvalue weighted by molar-refractivity contribution is 7.91. The lowest BCUT2D eigenvalue weighted by molar-refractivity contribution is -0.384. The number of hydrogen-bond donors (Lipinski definition) is 3. The van der Waals surface area contributed by atoms with Crippen LogP contribution in [-0.2, 0) is 32.4 Å². The first-order chi connectivity index (χ1) is 15.9. The Bertz CT molecular complexity index is 1200. The van der Waals surface area contributed by atoms with E-state index < -0.39 is 38.1 Å². The van der Waals surface area contributed by atoms with Crippen LogP contribution in [0.25, 0.3) is 0 Å². The van der Waals surface area contributed by atoms with E-state index >= 15 is 0 Å². The zero-order valence-electron chi connectivity index (χ0n) is 17.6. The minimum atomic E-state index is -4.31. The van der Waals surface area contributed by atoms with E-state index in [9.17, 15) is 27.9 Å². The highest BCUT2D eigenvalue weighted by Crippen LogP contribution is 2.31. The highest BCUT2D eigenvalue weighted by Gasteiger charge is 2.33. The molecule has 1 aliphatic rings. The van der Waals surface area contributed by atoms with Gasteiger partial charge in [0.1, 0.15) is 23.2 Å². The van der Waals surface area contributed by atoms with Gasteiger partial charge in [-0.15, -0.1) is 0 Å². The van der Waals surface area contributed by atoms with E-state index in [4.69, 9.17) is 34.7 Å². The Labute approximate surface area is 208 Å². The number of nitrogens with two attached hydrogens (primary N) is 2. The van der Waals surface area contributed by atoms with Crippen LogP contribution in [0.3, 0.4) is 0 Å². The number of halogens is 2. The summed E-state index contributed by atoms with van der Waals surface area (Å²) in [5.74, 6) is -0.0314. The molecule has 15 heteroatoms. The number of nitro benzene ring substituents is 1. The molecule has 1 saturated heterocycles. The molecule has 5 N–H and O–H groups in total. The van der Waals surface area contributed by atoms with Crippen LogP contribution in [0.1, 0.15) is 5.56 Å². The second-order valence-electron chi connectivity index (χ2n) is 7.50. The number of nitrogen functional groups attached to an aromatic ring is 2. The van der Waals surface area contributed by atoms with Crippen LogP contribution in [0.15, 0.2) is 35.2 Å². The van der Waals surface area contributed by atoms with Gasteiger partial charge in [-0.3, -0.25) is 14.9 Å². The minimum absolute atomic E-state index is 0.00501. The van der Waals surface area contributed by atoms with Crippen molar-refractivity contribution in [1.29, 1.82) is 0 Å². The third-order valence-electron chi connectivity index (χ3n) is 5.18. The molecule has 1 amide bonds. The normalized spacial score (nSPS) is 15.8. The molecule has 1 unspecified atom stereocenters. The topological polar surface area (TPSA) is 185 Å². The SMILES string of the molecule is Nc1ccc(CC(NS(=O)(=O)c2cc(Cl)c(N)c(Cl)c2)C(=O)N2CC[S+]([O-])CC2)cc1[N+](=O)[O-]. The third kappa shape index (κ3) is 6.03. The summed E-state index contributed by atoms with van der Waals surface area (Å²) in [4.78, 5) is 24.9. The average molecular weight is 550 g/mol. The van der Waals surface area contributed by atoms with Crippen molar-refractivity contribution in [1.82, 2.24) is 9.62 Å². The largest absolute Gasteiger partial charge is 0.616 e. The summed E-state index contributed by atoms with van der Waals surface area (Å²) in [6.07, 6.45) is -0.199. The van der Waals surface area contributed by atoms with Gasteiger partial charge in [-0.1, -0.05) is 40.4 Å². The summed E-state index contributed by atoms with van der Waals surface area (Å²) in [6.45, 7) is 0.371. The fourth-order valence-electron chi connectivity index (χ4n) is 3.34. The third-order valence-corrected chi connectivity index (χ3v) is 8.53. The summed E-state index contributed by atoms with van der Waals surface area (Å²) < 4.78 is 40.2. The Morgan fingerprint density at radius 1 is 1.18 bits per heavy atom. The van der Waals surface area contributed by atoms with Gasteiger partial charge in [0, 0.05) is 6.07 Å². The number of sulfonamides is 1. The van der Waals surface area contributed by atoms with Gasteiger partial charge in [0.15, 0.2) is 0 Å². The maximum Gasteiger partial charge on any atom is 0.292 e. The number of nitrogens with one attached hydrogen (secondary N) is 1. The number of amides is 1. The number of benzene rings is 2. The number of carbonyl (C=O) groups is 1. The summed E-state index contributed by atoms with van der Waals surface area (Å²) in [6, 6.07) is 4.85. The van der Waals surface area contributed by atoms with E-state index in [1.165, 1.54) is 23.1 Å². The van der Waals surface area contributed by atoms with Crippen molar-refractivity contribution >= 4 is 67.4 Å². The minimum Gasteiger partial charge on any atom is -0.616 e. The van der Waals surface area contributed by atoms with Crippen molar-refractivity contribution < 1.29 is 22.7 Å². The van der Waals surface area contributed by atoms with Gasteiger partial charge in [0.2, 0.25) is 15.9 Å². The molecule has 2 aromatic carbocycles. The van der Waals surface area contributed by atoms with Gasteiger partial charge in [-0.25, -0.2) is 8.42 Å². The van der Waals surface area contributed by atoms with Gasteiger partial charge in [-0.2, -0.15) is 4.72 Å². The molecule has 0 saturated carbocycles. The van der Waals surface area contributed by atoms with E-state index in [1.807, 2.05) is 0 Å². The summed E-state index contributed by atoms with van der Waals surface area (Å²) in [5, 5.41) is 11.1. The van der Waals surface area contributed by atoms with Gasteiger partial charge in [0.25, 0.3) is 5.69 Å². The Morgan fingerprint density at radius 3 is 2.32 bits per heavy atom. The summed E-state index contributed by atoms with van der Waals surface area (Å²) in [7, 11) is -4.31. The monoisotopic (exact) mass is 549 g/mol. The van der Waals surface area contributed by atoms with Gasteiger partial charge >= 0.3 is 0 Å². The van der Waals surface area contributed by atoms with Gasteiger partial charge in [0.05, 0.1) is 38.6 Å². The zero-order chi connectivity index (χ0) is 25.2. The maximum atomic E-state index is 13.3. The average Bonchev–Trinajstić information content (AvgIpc) is 2.77. The predicted octanol–water partition coefficient (Wildman–Crippen LogP) is 1.55. The Morgan fingerprint density at radius 2 is 1.76 bits per heavy atom. The smallest absolute Gasteiger partial charge is 0.292 e. The molecule has 11 nitrogen and oxygen atoms in total. The standard InChI is InChI=1S/C19H21Cl2N5O6S2/c20-13-9-12(10-14(21)18(13)23)34(31,32)24-16(19(27)25-3-5-33(30)6-4-25)7-11-1-2-15(22)17(8-11)26(28)29/h1-2,8-10,16,24H,3-7,22-23H2. The molecule has 1 atom stereocenters. The second kappa shape index (κ2) is 10.5. The number of nitro groups is 1. The quantitative estimate of drug-likeness (QED) is 0.201. The Hall–Kier alpha value is -2.29. The lowest BCUT2D eigenvalue weighted by atomic mass is 10.0. The molecule has 0 aliphatic carbocycles. The Kier molecular flexibility index (Phi) is 8.16. The molecule has 0 spiro atoms. The Balaban J connectivity index is 1.95. The summed E-state index contributed by atoms with van der Waals surface area (Å²) >= 11 is 10.9. The fourth-order valence-corrected chi connectivity index (χ4v) is 6.25. The van der Waals surface area contributed by atoms with Crippen LogP contribution in [0.2, 0.25) is 10.0 Å². The van der Waals surface area contributed by atoms with Crippen LogP contribution in [0.4, 0.5) is 17.1 Å². The molecular formula is C19H21Cl2N5O6S2. The van der Waals surface area contributed by atoms with Crippen molar-refractivity contribution in [2.45, 2.75) is 17.4 Å². The van der Waals surface area contributed by atoms with Crippen LogP contribution in [0, 0.1) is 10.1 Å². The first-order valence-corrected chi connectivity index (χ1v) is 13.5. The molecular weight excluding hydrogens is 529 g/mol. The number of anilines is 2. The molecule has 184 valence electrons. The zero-order valence-corrected chi connectivity index (χ0v) is 20.7. The van der Waals surface area contributed by atoms with Crippen LogP contribution in [-0.4, -0.2) is 59.3 Å². The molecule has 0 bridgehead atoms. The van der Waals surface area contributed by atoms with Crippen molar-refractivity contribution in [2.24, 2.45) is 0 Å². The first-order valence-electron chi connectivity index (χ1n) is 9.82. The van der Waals surface area contributed by atoms with E-state index in [2.05, 4.69) is 4.72 Å². The molecule has 1 aliphatic heterocycles. The van der Waals surface area contributed by atoms with Crippen LogP contribution < -0.4 is 16.2 Å². The molecule has 3 rings (SSSR count). The van der Waals surface area contributed by atoms with E-state index in [0.29, 0.717) is 5.56 Å². The molecule has 2 aromatic rings. The molecule has 1 heterocycles. The van der Waals surface area contributed by atoms with Crippen molar-refractivity contribution in [3.05, 3.63) is 56.1 Å². The highest BCUT2D eigenvalue weighted by atomic mass is 35.5. The van der Waals surface area contributed by atoms with Crippen molar-refractivity contribution in [3.63, 3.8) is 0 Å². The van der Waals surface area contributed by atoms with Gasteiger partial charge < -0.3 is 20.9 Å². The number of hydrogen-bond acceptors (Lipinski definition) is 8. The maximum absolute atomic E-state index is 13.3. The molecule has 0 aromatic heterocycles. The molecule has 0 radical (unpaired) electrons. The number of carbonyl (C=O) groups excluding carboxylic acids is 1. The first kappa shape index (κ1) is 26.3. The van der Waals surface area contributed by atoms with Crippen molar-refractivity contribution in [2.75, 3.05) is 36.1 Å². The summed E-state index contributed by atoms with van der Waals surface area (Å²) in [5.41, 5.74) is 11.2. The predicted molar refractivity (Wildman–Crippen MR) is 131 cm³/mol. The van der Waals surface area contributed by atoms with Crippen molar-refractivity contribution in [3.8, 4) is 0 Å². The van der Waals surface area contributed by atoms with E-state index in [0.717, 1.165) is 12.1 Å². The van der Waals surface area contributed by atoms with Gasteiger partial charge in [-0.05, 0) is 30.2 Å².